The van der Waals surface area contributed by atoms with Gasteiger partial charge in [-0.3, -0.25) is 0 Å². The molecule has 0 spiro atoms. The number of anilines is 1. The fourth-order valence-corrected chi connectivity index (χ4v) is 3.41. The van der Waals surface area contributed by atoms with Crippen LogP contribution in [0.3, 0.4) is 0 Å². The van der Waals surface area contributed by atoms with Crippen LogP contribution in [-0.2, 0) is 0 Å². The Bertz CT molecular complexity index is 1040. The number of benzene rings is 2. The molecule has 3 aromatic rings. The van der Waals surface area contributed by atoms with Crippen LogP contribution in [0.25, 0.3) is 11.3 Å². The quantitative estimate of drug-likeness (QED) is 0.742. The molecule has 2 aromatic carbocycles. The number of nitrogens with zero attached hydrogens (tertiary/aromatic N) is 3. The predicted molar refractivity (Wildman–Crippen MR) is 99.0 cm³/mol. The van der Waals surface area contributed by atoms with Crippen molar-refractivity contribution >= 4 is 23.3 Å². The fourth-order valence-electron chi connectivity index (χ4n) is 3.19. The molecule has 0 saturated carbocycles. The Hall–Kier alpha value is -3.30. The molecule has 6 nitrogen and oxygen atoms in total. The van der Waals surface area contributed by atoms with Crippen molar-refractivity contribution in [1.29, 1.82) is 5.26 Å². The normalized spacial score (nSPS) is 14.2. The van der Waals surface area contributed by atoms with E-state index in [0.29, 0.717) is 22.8 Å². The zero-order chi connectivity index (χ0) is 18.1. The minimum Gasteiger partial charge on any atom is -0.335 e. The van der Waals surface area contributed by atoms with E-state index >= 15 is 0 Å². The maximum absolute atomic E-state index is 12.2. The van der Waals surface area contributed by atoms with Gasteiger partial charge in [0.25, 0.3) is 0 Å². The second-order valence-electron chi connectivity index (χ2n) is 5.93. The highest BCUT2D eigenvalue weighted by Gasteiger charge is 2.28. The number of carbonyl (C=O) groups is 1. The molecule has 128 valence electrons. The number of rotatable bonds is 3. The molecule has 0 fully saturated rings. The molecule has 2 amide bonds. The molecule has 0 aliphatic carbocycles. The Morgan fingerprint density at radius 1 is 1.31 bits per heavy atom. The molecule has 4 rings (SSSR count). The number of halogens is 1. The van der Waals surface area contributed by atoms with Crippen molar-refractivity contribution in [2.24, 2.45) is 0 Å². The lowest BCUT2D eigenvalue weighted by atomic mass is 10.0. The highest BCUT2D eigenvalue weighted by atomic mass is 35.5. The monoisotopic (exact) mass is 363 g/mol. The van der Waals surface area contributed by atoms with Gasteiger partial charge >= 0.3 is 6.03 Å². The molecular weight excluding hydrogens is 350 g/mol. The lowest BCUT2D eigenvalue weighted by molar-refractivity contribution is 0.251. The van der Waals surface area contributed by atoms with Crippen molar-refractivity contribution in [2.45, 2.75) is 6.04 Å². The van der Waals surface area contributed by atoms with Crippen LogP contribution >= 0.6 is 11.6 Å². The molecule has 2 heterocycles. The smallest absolute Gasteiger partial charge is 0.319 e. The summed E-state index contributed by atoms with van der Waals surface area (Å²) in [7, 11) is 0. The first-order valence-corrected chi connectivity index (χ1v) is 8.41. The standard InChI is InChI=1S/C19H14ClN5O/c20-16-7-13(6-5-12(16)8-21)24-19(26)23-10-18-15-4-2-1-3-14(15)17-9-22-11-25(17)18/h1-7,9,11,18H,10H2,(H2,23,24,26). The molecule has 0 radical (unpaired) electrons. The number of hydrogen-bond acceptors (Lipinski definition) is 3. The zero-order valence-corrected chi connectivity index (χ0v) is 14.4. The van der Waals surface area contributed by atoms with E-state index in [-0.39, 0.29) is 12.1 Å². The van der Waals surface area contributed by atoms with Gasteiger partial charge in [0.2, 0.25) is 0 Å². The Balaban J connectivity index is 1.46. The van der Waals surface area contributed by atoms with Crippen LogP contribution < -0.4 is 10.6 Å². The number of imidazole rings is 1. The van der Waals surface area contributed by atoms with Crippen molar-refractivity contribution in [3.63, 3.8) is 0 Å². The van der Waals surface area contributed by atoms with Gasteiger partial charge in [0.05, 0.1) is 34.8 Å². The average Bonchev–Trinajstić information content (AvgIpc) is 3.21. The van der Waals surface area contributed by atoms with E-state index < -0.39 is 0 Å². The summed E-state index contributed by atoms with van der Waals surface area (Å²) in [6, 6.07) is 14.5. The highest BCUT2D eigenvalue weighted by Crippen LogP contribution is 2.38. The molecule has 1 aliphatic heterocycles. The van der Waals surface area contributed by atoms with Gasteiger partial charge in [-0.2, -0.15) is 5.26 Å². The minimum atomic E-state index is -0.336. The van der Waals surface area contributed by atoms with E-state index in [1.165, 1.54) is 0 Å². The first kappa shape index (κ1) is 16.2. The number of nitrogens with one attached hydrogen (secondary N) is 2. The summed E-state index contributed by atoms with van der Waals surface area (Å²) >= 11 is 5.99. The second kappa shape index (κ2) is 6.54. The number of amides is 2. The summed E-state index contributed by atoms with van der Waals surface area (Å²) in [4.78, 5) is 16.4. The third-order valence-corrected chi connectivity index (χ3v) is 4.71. The lowest BCUT2D eigenvalue weighted by Gasteiger charge is -2.16. The number of hydrogen-bond donors (Lipinski definition) is 2. The van der Waals surface area contributed by atoms with E-state index in [1.807, 2.05) is 24.4 Å². The number of urea groups is 1. The van der Waals surface area contributed by atoms with E-state index in [4.69, 9.17) is 16.9 Å². The summed E-state index contributed by atoms with van der Waals surface area (Å²) < 4.78 is 2.06. The van der Waals surface area contributed by atoms with Crippen LogP contribution in [0.4, 0.5) is 10.5 Å². The Kier molecular flexibility index (Phi) is 4.07. The summed E-state index contributed by atoms with van der Waals surface area (Å²) in [5.74, 6) is 0. The molecular formula is C19H14ClN5O. The lowest BCUT2D eigenvalue weighted by Crippen LogP contribution is -2.33. The van der Waals surface area contributed by atoms with Crippen molar-refractivity contribution in [2.75, 3.05) is 11.9 Å². The average molecular weight is 364 g/mol. The van der Waals surface area contributed by atoms with E-state index in [9.17, 15) is 4.79 Å². The summed E-state index contributed by atoms with van der Waals surface area (Å²) in [5.41, 5.74) is 4.24. The third kappa shape index (κ3) is 2.79. The number of fused-ring (bicyclic) bond motifs is 3. The molecule has 1 aliphatic rings. The van der Waals surface area contributed by atoms with E-state index in [2.05, 4.69) is 32.3 Å². The van der Waals surface area contributed by atoms with Crippen molar-refractivity contribution < 1.29 is 4.79 Å². The largest absolute Gasteiger partial charge is 0.335 e. The topological polar surface area (TPSA) is 82.7 Å². The molecule has 2 N–H and O–H groups in total. The van der Waals surface area contributed by atoms with Crippen molar-refractivity contribution in [3.8, 4) is 17.3 Å². The minimum absolute atomic E-state index is 0.000923. The van der Waals surface area contributed by atoms with Gasteiger partial charge < -0.3 is 15.2 Å². The van der Waals surface area contributed by atoms with Gasteiger partial charge in [0.15, 0.2) is 0 Å². The Morgan fingerprint density at radius 2 is 2.15 bits per heavy atom. The first-order chi connectivity index (χ1) is 12.7. The van der Waals surface area contributed by atoms with Gasteiger partial charge in [-0.25, -0.2) is 9.78 Å². The number of carbonyl (C=O) groups excluding carboxylic acids is 1. The molecule has 0 bridgehead atoms. The molecule has 7 heteroatoms. The second-order valence-corrected chi connectivity index (χ2v) is 6.34. The van der Waals surface area contributed by atoms with E-state index in [0.717, 1.165) is 16.8 Å². The van der Waals surface area contributed by atoms with Crippen LogP contribution in [0.1, 0.15) is 17.2 Å². The van der Waals surface area contributed by atoms with Gasteiger partial charge in [-0.15, -0.1) is 0 Å². The maximum atomic E-state index is 12.2. The van der Waals surface area contributed by atoms with Gasteiger partial charge in [0.1, 0.15) is 6.07 Å². The van der Waals surface area contributed by atoms with Crippen LogP contribution in [0.2, 0.25) is 5.02 Å². The van der Waals surface area contributed by atoms with Crippen LogP contribution in [0.5, 0.6) is 0 Å². The molecule has 1 atom stereocenters. The van der Waals surface area contributed by atoms with Crippen LogP contribution in [-0.4, -0.2) is 22.1 Å². The van der Waals surface area contributed by atoms with Crippen molar-refractivity contribution in [3.05, 3.63) is 71.1 Å². The molecule has 1 aromatic heterocycles. The molecule has 0 saturated heterocycles. The first-order valence-electron chi connectivity index (χ1n) is 8.03. The highest BCUT2D eigenvalue weighted by molar-refractivity contribution is 6.32. The summed E-state index contributed by atoms with van der Waals surface area (Å²) in [5, 5.41) is 14.8. The Morgan fingerprint density at radius 3 is 2.96 bits per heavy atom. The van der Waals surface area contributed by atoms with Gasteiger partial charge in [-0.1, -0.05) is 35.9 Å². The van der Waals surface area contributed by atoms with Crippen LogP contribution in [0, 0.1) is 11.3 Å². The van der Waals surface area contributed by atoms with Gasteiger partial charge in [-0.05, 0) is 23.8 Å². The summed E-state index contributed by atoms with van der Waals surface area (Å²) in [6.45, 7) is 0.427. The SMILES string of the molecule is N#Cc1ccc(NC(=O)NCC2c3ccccc3-c3cncn32)cc1Cl. The van der Waals surface area contributed by atoms with Crippen molar-refractivity contribution in [1.82, 2.24) is 14.9 Å². The Labute approximate surface area is 155 Å². The molecule has 1 unspecified atom stereocenters. The van der Waals surface area contributed by atoms with E-state index in [1.54, 1.807) is 24.5 Å². The van der Waals surface area contributed by atoms with Crippen LogP contribution in [0.15, 0.2) is 55.0 Å². The number of aromatic nitrogens is 2. The zero-order valence-electron chi connectivity index (χ0n) is 13.6. The predicted octanol–water partition coefficient (Wildman–Crippen LogP) is 3.80. The maximum Gasteiger partial charge on any atom is 0.319 e. The summed E-state index contributed by atoms with van der Waals surface area (Å²) in [6.07, 6.45) is 3.61. The fraction of sp³-hybridized carbons (Fsp3) is 0.105. The molecule has 26 heavy (non-hydrogen) atoms. The number of nitriles is 1. The van der Waals surface area contributed by atoms with Gasteiger partial charge in [0, 0.05) is 17.8 Å². The third-order valence-electron chi connectivity index (χ3n) is 4.40.